The molecule has 0 aliphatic carbocycles. The van der Waals surface area contributed by atoms with Gasteiger partial charge in [-0.1, -0.05) is 0 Å². The van der Waals surface area contributed by atoms with Crippen molar-refractivity contribution in [2.24, 2.45) is 0 Å². The maximum Gasteiger partial charge on any atom is 0.598 e. The first-order chi connectivity index (χ1) is 5.54. The van der Waals surface area contributed by atoms with Crippen LogP contribution in [0, 0.1) is 0 Å². The lowest BCUT2D eigenvalue weighted by atomic mass is 10.2. The molecule has 13 heavy (non-hydrogen) atoms. The molecule has 0 fully saturated rings. The third-order valence-corrected chi connectivity index (χ3v) is 1.27. The molecule has 0 aromatic rings. The third-order valence-electron chi connectivity index (χ3n) is 1.27. The number of carbonyl (C=O) groups is 1. The second kappa shape index (κ2) is 3.46. The van der Waals surface area contributed by atoms with Gasteiger partial charge in [-0.05, 0) is 20.8 Å². The molecule has 0 aromatic carbocycles. The van der Waals surface area contributed by atoms with Gasteiger partial charge >= 0.3 is 6.09 Å². The Hall–Kier alpha value is -0.900. The molecule has 1 amide bonds. The van der Waals surface area contributed by atoms with Crippen LogP contribution in [0.5, 0.6) is 0 Å². The largest absolute Gasteiger partial charge is 0.598 e. The summed E-state index contributed by atoms with van der Waals surface area (Å²) < 4.78 is 5.89. The van der Waals surface area contributed by atoms with Crippen LogP contribution >= 0.6 is 0 Å². The number of hydrogen-bond donors (Lipinski definition) is 1. The molecule has 0 aromatic heterocycles. The van der Waals surface area contributed by atoms with Crippen molar-refractivity contribution in [1.29, 1.82) is 0 Å². The first kappa shape index (κ1) is 12.1. The highest BCUT2D eigenvalue weighted by atomic mass is 16.6. The number of ether oxygens (including phenoxy) is 1. The molecule has 0 aliphatic heterocycles. The van der Waals surface area contributed by atoms with Crippen LogP contribution in [0.3, 0.4) is 0 Å². The highest BCUT2D eigenvalue weighted by molar-refractivity contribution is 5.61. The van der Waals surface area contributed by atoms with E-state index in [9.17, 15) is 9.90 Å². The molecule has 76 valence electrons. The quantitative estimate of drug-likeness (QED) is 0.384. The summed E-state index contributed by atoms with van der Waals surface area (Å²) in [7, 11) is 0. The van der Waals surface area contributed by atoms with Gasteiger partial charge in [-0.15, -0.1) is 4.58 Å². The van der Waals surface area contributed by atoms with Crippen molar-refractivity contribution in [1.82, 2.24) is 0 Å². The van der Waals surface area contributed by atoms with Crippen LogP contribution in [0.15, 0.2) is 0 Å². The molecule has 0 rings (SSSR count). The zero-order valence-electron chi connectivity index (χ0n) is 8.92. The molecule has 0 unspecified atom stereocenters. The van der Waals surface area contributed by atoms with E-state index in [1.54, 1.807) is 20.8 Å². The molecular formula is C9H18NO3+. The summed E-state index contributed by atoms with van der Waals surface area (Å²) in [6.45, 7) is 11.6. The van der Waals surface area contributed by atoms with Crippen molar-refractivity contribution in [2.75, 3.05) is 0 Å². The first-order valence-electron chi connectivity index (χ1n) is 4.10. The van der Waals surface area contributed by atoms with E-state index < -0.39 is 17.4 Å². The van der Waals surface area contributed by atoms with Crippen LogP contribution < -0.4 is 0 Å². The minimum absolute atomic E-state index is 0.571. The zero-order chi connectivity index (χ0) is 10.9. The fourth-order valence-corrected chi connectivity index (χ4v) is 0.540. The Kier molecular flexibility index (Phi) is 3.22. The van der Waals surface area contributed by atoms with Gasteiger partial charge in [0.15, 0.2) is 0 Å². The number of hydrogen-bond acceptors (Lipinski definition) is 3. The monoisotopic (exact) mass is 188 g/mol. The fraction of sp³-hybridized carbons (Fsp3) is 0.778. The maximum absolute atomic E-state index is 11.3. The van der Waals surface area contributed by atoms with Crippen molar-refractivity contribution >= 4 is 12.8 Å². The molecule has 0 saturated carbocycles. The van der Waals surface area contributed by atoms with Crippen molar-refractivity contribution < 1.29 is 19.2 Å². The molecule has 0 aliphatic rings. The number of nitrogens with zero attached hydrogens (tertiary/aromatic N) is 1. The second-order valence-corrected chi connectivity index (χ2v) is 4.40. The van der Waals surface area contributed by atoms with Crippen molar-refractivity contribution in [3.63, 3.8) is 0 Å². The van der Waals surface area contributed by atoms with E-state index >= 15 is 0 Å². The lowest BCUT2D eigenvalue weighted by Gasteiger charge is -2.19. The molecule has 0 bridgehead atoms. The Morgan fingerprint density at radius 3 is 1.92 bits per heavy atom. The minimum atomic E-state index is -1.30. The maximum atomic E-state index is 11.3. The van der Waals surface area contributed by atoms with Crippen LogP contribution in [0.2, 0.25) is 0 Å². The van der Waals surface area contributed by atoms with Gasteiger partial charge in [0.1, 0.15) is 12.3 Å². The molecule has 0 atom stereocenters. The summed E-state index contributed by atoms with van der Waals surface area (Å²) in [4.78, 5) is 11.3. The molecule has 0 radical (unpaired) electrons. The number of amides is 1. The first-order valence-corrected chi connectivity index (χ1v) is 4.10. The van der Waals surface area contributed by atoms with E-state index in [1.807, 2.05) is 0 Å². The fourth-order valence-electron chi connectivity index (χ4n) is 0.540. The van der Waals surface area contributed by atoms with Crippen LogP contribution in [0.1, 0.15) is 34.6 Å². The van der Waals surface area contributed by atoms with Crippen LogP contribution in [0.25, 0.3) is 0 Å². The van der Waals surface area contributed by atoms with Gasteiger partial charge < -0.3 is 9.84 Å². The Morgan fingerprint density at radius 2 is 1.69 bits per heavy atom. The highest BCUT2D eigenvalue weighted by Gasteiger charge is 2.35. The standard InChI is InChI=1S/C9H18NO3/c1-8(2,3)13-7(11)10(6)9(4,5)12/h12H,6H2,1-5H3/q+1. The summed E-state index contributed by atoms with van der Waals surface area (Å²) >= 11 is 0. The Bertz CT molecular complexity index is 220. The van der Waals surface area contributed by atoms with E-state index in [1.165, 1.54) is 13.8 Å². The molecular weight excluding hydrogens is 170 g/mol. The second-order valence-electron chi connectivity index (χ2n) is 4.40. The molecule has 0 saturated heterocycles. The molecule has 4 heteroatoms. The van der Waals surface area contributed by atoms with Crippen LogP contribution in [0.4, 0.5) is 4.79 Å². The van der Waals surface area contributed by atoms with Crippen LogP contribution in [-0.4, -0.2) is 33.8 Å². The lowest BCUT2D eigenvalue weighted by Crippen LogP contribution is -2.42. The molecule has 0 spiro atoms. The van der Waals surface area contributed by atoms with Gasteiger partial charge in [-0.2, -0.15) is 4.79 Å². The summed E-state index contributed by atoms with van der Waals surface area (Å²) in [6, 6.07) is 0. The molecule has 1 N–H and O–H groups in total. The highest BCUT2D eigenvalue weighted by Crippen LogP contribution is 2.11. The Labute approximate surface area is 78.8 Å². The van der Waals surface area contributed by atoms with Crippen LogP contribution in [-0.2, 0) is 4.74 Å². The summed E-state index contributed by atoms with van der Waals surface area (Å²) in [5.41, 5.74) is -1.87. The summed E-state index contributed by atoms with van der Waals surface area (Å²) in [5.74, 6) is 0. The topological polar surface area (TPSA) is 49.5 Å². The van der Waals surface area contributed by atoms with Gasteiger partial charge in [0.25, 0.3) is 5.72 Å². The molecule has 0 heterocycles. The van der Waals surface area contributed by atoms with Gasteiger partial charge in [-0.3, -0.25) is 0 Å². The predicted octanol–water partition coefficient (Wildman–Crippen LogP) is 1.36. The average molecular weight is 188 g/mol. The summed E-state index contributed by atoms with van der Waals surface area (Å²) in [5, 5.41) is 9.42. The van der Waals surface area contributed by atoms with Crippen molar-refractivity contribution in [3.05, 3.63) is 0 Å². The normalized spacial score (nSPS) is 12.5. The third kappa shape index (κ3) is 4.62. The number of rotatable bonds is 1. The van der Waals surface area contributed by atoms with Crippen molar-refractivity contribution in [3.8, 4) is 0 Å². The Morgan fingerprint density at radius 1 is 1.31 bits per heavy atom. The van der Waals surface area contributed by atoms with Gasteiger partial charge in [0.05, 0.1) is 0 Å². The Balaban J connectivity index is 4.40. The van der Waals surface area contributed by atoms with E-state index in [4.69, 9.17) is 4.74 Å². The summed E-state index contributed by atoms with van der Waals surface area (Å²) in [6.07, 6.45) is -0.639. The smallest absolute Gasteiger partial charge is 0.406 e. The minimum Gasteiger partial charge on any atom is -0.406 e. The van der Waals surface area contributed by atoms with Gasteiger partial charge in [0.2, 0.25) is 0 Å². The average Bonchev–Trinajstić information content (AvgIpc) is 1.79. The predicted molar refractivity (Wildman–Crippen MR) is 49.9 cm³/mol. The van der Waals surface area contributed by atoms with E-state index in [-0.39, 0.29) is 0 Å². The van der Waals surface area contributed by atoms with Crippen molar-refractivity contribution in [2.45, 2.75) is 45.9 Å². The van der Waals surface area contributed by atoms with E-state index in [0.717, 1.165) is 4.58 Å². The number of aliphatic hydroxyl groups is 1. The van der Waals surface area contributed by atoms with Gasteiger partial charge in [-0.25, -0.2) is 0 Å². The molecule has 4 nitrogen and oxygen atoms in total. The SMILES string of the molecule is C=[N+](C(=O)OC(C)(C)C)C(C)(C)O. The lowest BCUT2D eigenvalue weighted by molar-refractivity contribution is -0.576. The number of carbonyl (C=O) groups excluding carboxylic acids is 1. The zero-order valence-corrected chi connectivity index (χ0v) is 8.92. The van der Waals surface area contributed by atoms with E-state index in [2.05, 4.69) is 6.72 Å². The van der Waals surface area contributed by atoms with E-state index in [0.29, 0.717) is 0 Å². The van der Waals surface area contributed by atoms with Gasteiger partial charge in [0, 0.05) is 13.8 Å².